The minimum absolute atomic E-state index is 0.473. The molecular weight excluding hydrogens is 330 g/mol. The van der Waals surface area contributed by atoms with Gasteiger partial charge in [0.15, 0.2) is 0 Å². The van der Waals surface area contributed by atoms with Crippen LogP contribution in [0.15, 0.2) is 48.5 Å². The van der Waals surface area contributed by atoms with Crippen molar-refractivity contribution in [2.75, 3.05) is 6.61 Å². The van der Waals surface area contributed by atoms with E-state index in [-0.39, 0.29) is 0 Å². The molecule has 2 aromatic carbocycles. The lowest BCUT2D eigenvalue weighted by Crippen LogP contribution is -2.21. The van der Waals surface area contributed by atoms with Crippen LogP contribution < -0.4 is 0 Å². The summed E-state index contributed by atoms with van der Waals surface area (Å²) >= 11 is 0. The van der Waals surface area contributed by atoms with Crippen LogP contribution in [0.3, 0.4) is 0 Å². The summed E-state index contributed by atoms with van der Waals surface area (Å²) in [5.41, 5.74) is 4.54. The van der Waals surface area contributed by atoms with Gasteiger partial charge in [-0.15, -0.1) is 0 Å². The molecule has 0 heterocycles. The number of unbranched alkanes of at least 4 members (excludes halogenated alkanes) is 3. The molecule has 0 aliphatic heterocycles. The molecule has 2 aromatic rings. The van der Waals surface area contributed by atoms with Crippen molar-refractivity contribution in [3.05, 3.63) is 59.7 Å². The lowest BCUT2D eigenvalue weighted by atomic mass is 9.82. The molecule has 0 spiro atoms. The van der Waals surface area contributed by atoms with E-state index in [1.54, 1.807) is 0 Å². The van der Waals surface area contributed by atoms with E-state index < -0.39 is 0 Å². The Labute approximate surface area is 164 Å². The summed E-state index contributed by atoms with van der Waals surface area (Å²) < 4.78 is 6.09. The van der Waals surface area contributed by atoms with Gasteiger partial charge in [0.1, 0.15) is 0 Å². The Morgan fingerprint density at radius 3 is 2.07 bits per heavy atom. The Bertz CT molecular complexity index is 718. The smallest absolute Gasteiger partial charge is 0.0991 e. The van der Waals surface area contributed by atoms with Crippen LogP contribution in [-0.2, 0) is 4.74 Å². The summed E-state index contributed by atoms with van der Waals surface area (Å²) in [6, 6.07) is 19.0. The van der Waals surface area contributed by atoms with Gasteiger partial charge in [-0.05, 0) is 66.8 Å². The maximum atomic E-state index is 8.92. The molecule has 1 aliphatic rings. The molecular formula is C25H31NO. The Morgan fingerprint density at radius 1 is 0.852 bits per heavy atom. The number of hydrogen-bond acceptors (Lipinski definition) is 2. The lowest BCUT2D eigenvalue weighted by molar-refractivity contribution is 0.0226. The van der Waals surface area contributed by atoms with Gasteiger partial charge in [0.05, 0.1) is 17.7 Å². The summed E-state index contributed by atoms with van der Waals surface area (Å²) in [5.74, 6) is 0.667. The quantitative estimate of drug-likeness (QED) is 0.482. The molecule has 0 atom stereocenters. The van der Waals surface area contributed by atoms with Gasteiger partial charge in [0, 0.05) is 6.61 Å². The summed E-state index contributed by atoms with van der Waals surface area (Å²) in [7, 11) is 0. The van der Waals surface area contributed by atoms with Crippen LogP contribution in [0.4, 0.5) is 0 Å². The summed E-state index contributed by atoms with van der Waals surface area (Å²) in [6.45, 7) is 3.19. The summed E-state index contributed by atoms with van der Waals surface area (Å²) in [6.07, 6.45) is 10.4. The third-order valence-corrected chi connectivity index (χ3v) is 5.76. The Morgan fingerprint density at radius 2 is 1.48 bits per heavy atom. The van der Waals surface area contributed by atoms with Gasteiger partial charge in [-0.1, -0.05) is 62.6 Å². The first-order chi connectivity index (χ1) is 13.3. The zero-order valence-electron chi connectivity index (χ0n) is 16.5. The van der Waals surface area contributed by atoms with Crippen molar-refractivity contribution in [2.24, 2.45) is 0 Å². The van der Waals surface area contributed by atoms with Gasteiger partial charge in [0.25, 0.3) is 0 Å². The predicted molar refractivity (Wildman–Crippen MR) is 112 cm³/mol. The second-order valence-electron chi connectivity index (χ2n) is 7.72. The van der Waals surface area contributed by atoms with E-state index in [1.165, 1.54) is 68.1 Å². The number of nitriles is 1. The highest BCUT2D eigenvalue weighted by Crippen LogP contribution is 2.35. The van der Waals surface area contributed by atoms with Crippen molar-refractivity contribution < 1.29 is 4.74 Å². The molecule has 2 nitrogen and oxygen atoms in total. The van der Waals surface area contributed by atoms with Crippen LogP contribution in [0.5, 0.6) is 0 Å². The van der Waals surface area contributed by atoms with Crippen molar-refractivity contribution >= 4 is 0 Å². The Hall–Kier alpha value is -2.11. The highest BCUT2D eigenvalue weighted by atomic mass is 16.5. The maximum Gasteiger partial charge on any atom is 0.0991 e. The van der Waals surface area contributed by atoms with Crippen molar-refractivity contribution in [3.8, 4) is 17.2 Å². The third-order valence-electron chi connectivity index (χ3n) is 5.76. The van der Waals surface area contributed by atoms with E-state index in [1.807, 2.05) is 24.3 Å². The van der Waals surface area contributed by atoms with E-state index in [0.29, 0.717) is 17.6 Å². The Balaban J connectivity index is 1.48. The van der Waals surface area contributed by atoms with E-state index in [2.05, 4.69) is 37.3 Å². The summed E-state index contributed by atoms with van der Waals surface area (Å²) in [4.78, 5) is 0. The SMILES string of the molecule is CCCCCCOC1CCC(c2ccc(-c3ccc(C#N)cc3)cc2)CC1. The second kappa shape index (κ2) is 10.3. The largest absolute Gasteiger partial charge is 0.378 e. The van der Waals surface area contributed by atoms with Gasteiger partial charge >= 0.3 is 0 Å². The van der Waals surface area contributed by atoms with Crippen molar-refractivity contribution in [3.63, 3.8) is 0 Å². The lowest BCUT2D eigenvalue weighted by Gasteiger charge is -2.29. The third kappa shape index (κ3) is 5.68. The van der Waals surface area contributed by atoms with Gasteiger partial charge in [0.2, 0.25) is 0 Å². The molecule has 0 bridgehead atoms. The number of rotatable bonds is 8. The van der Waals surface area contributed by atoms with E-state index in [4.69, 9.17) is 10.00 Å². The molecule has 1 aliphatic carbocycles. The molecule has 0 unspecified atom stereocenters. The average molecular weight is 362 g/mol. The monoisotopic (exact) mass is 361 g/mol. The molecule has 0 radical (unpaired) electrons. The highest BCUT2D eigenvalue weighted by molar-refractivity contribution is 5.64. The number of ether oxygens (including phenoxy) is 1. The topological polar surface area (TPSA) is 33.0 Å². The standard InChI is InChI=1S/C25H31NO/c1-2-3-4-5-18-27-25-16-14-24(15-17-25)23-12-10-22(11-13-23)21-8-6-20(19-26)7-9-21/h6-13,24-25H,2-5,14-18H2,1H3. The van der Waals surface area contributed by atoms with Crippen LogP contribution in [0.1, 0.15) is 75.3 Å². The van der Waals surface area contributed by atoms with Gasteiger partial charge in [-0.25, -0.2) is 0 Å². The molecule has 3 rings (SSSR count). The zero-order valence-corrected chi connectivity index (χ0v) is 16.5. The van der Waals surface area contributed by atoms with Crippen molar-refractivity contribution in [1.82, 2.24) is 0 Å². The first kappa shape index (κ1) is 19.6. The van der Waals surface area contributed by atoms with Crippen molar-refractivity contribution in [2.45, 2.75) is 70.3 Å². The molecule has 1 fully saturated rings. The van der Waals surface area contributed by atoms with Crippen LogP contribution in [0.2, 0.25) is 0 Å². The minimum Gasteiger partial charge on any atom is -0.378 e. The fraction of sp³-hybridized carbons (Fsp3) is 0.480. The fourth-order valence-electron chi connectivity index (χ4n) is 4.03. The van der Waals surface area contributed by atoms with Crippen LogP contribution >= 0.6 is 0 Å². The van der Waals surface area contributed by atoms with Crippen LogP contribution in [0, 0.1) is 11.3 Å². The highest BCUT2D eigenvalue weighted by Gasteiger charge is 2.22. The molecule has 142 valence electrons. The molecule has 0 aromatic heterocycles. The average Bonchev–Trinajstić information content (AvgIpc) is 2.74. The summed E-state index contributed by atoms with van der Waals surface area (Å²) in [5, 5.41) is 8.92. The number of benzene rings is 2. The van der Waals surface area contributed by atoms with Crippen LogP contribution in [-0.4, -0.2) is 12.7 Å². The number of nitrogens with zero attached hydrogens (tertiary/aromatic N) is 1. The second-order valence-corrected chi connectivity index (χ2v) is 7.72. The molecule has 0 amide bonds. The van der Waals surface area contributed by atoms with Gasteiger partial charge in [-0.3, -0.25) is 0 Å². The van der Waals surface area contributed by atoms with E-state index in [9.17, 15) is 0 Å². The predicted octanol–water partition coefficient (Wildman–Crippen LogP) is 6.85. The minimum atomic E-state index is 0.473. The maximum absolute atomic E-state index is 8.92. The molecule has 0 saturated heterocycles. The first-order valence-electron chi connectivity index (χ1n) is 10.5. The molecule has 1 saturated carbocycles. The molecule has 0 N–H and O–H groups in total. The molecule has 27 heavy (non-hydrogen) atoms. The first-order valence-corrected chi connectivity index (χ1v) is 10.5. The van der Waals surface area contributed by atoms with E-state index in [0.717, 1.165) is 6.61 Å². The van der Waals surface area contributed by atoms with Gasteiger partial charge in [-0.2, -0.15) is 5.26 Å². The Kier molecular flexibility index (Phi) is 7.48. The zero-order chi connectivity index (χ0) is 18.9. The van der Waals surface area contributed by atoms with Crippen LogP contribution in [0.25, 0.3) is 11.1 Å². The fourth-order valence-corrected chi connectivity index (χ4v) is 4.03. The van der Waals surface area contributed by atoms with Gasteiger partial charge < -0.3 is 4.74 Å². The molecule has 2 heteroatoms. The van der Waals surface area contributed by atoms with E-state index >= 15 is 0 Å². The number of hydrogen-bond donors (Lipinski definition) is 0. The normalized spacial score (nSPS) is 19.6. The van der Waals surface area contributed by atoms with Crippen molar-refractivity contribution in [1.29, 1.82) is 5.26 Å².